The molecule has 2 heterocycles. The predicted molar refractivity (Wildman–Crippen MR) is 168 cm³/mol. The van der Waals surface area contributed by atoms with Crippen molar-refractivity contribution in [2.75, 3.05) is 13.4 Å². The molecule has 1 saturated carbocycles. The minimum Gasteiger partial charge on any atom is -0.452 e. The zero-order valence-electron chi connectivity index (χ0n) is 28.3. The molecular formula is C30H54O9Si3. The highest BCUT2D eigenvalue weighted by molar-refractivity contribution is 6.76. The number of hydrogen-bond acceptors (Lipinski definition) is 9. The van der Waals surface area contributed by atoms with Crippen LogP contribution in [0.15, 0.2) is 11.1 Å². The van der Waals surface area contributed by atoms with Crippen molar-refractivity contribution in [2.45, 2.75) is 147 Å². The molecule has 2 aliphatic heterocycles. The first-order chi connectivity index (χ1) is 18.9. The Morgan fingerprint density at radius 2 is 1.50 bits per heavy atom. The van der Waals surface area contributed by atoms with Crippen LogP contribution in [0.3, 0.4) is 0 Å². The maximum Gasteiger partial charge on any atom is 0.342 e. The van der Waals surface area contributed by atoms with Gasteiger partial charge in [0.1, 0.15) is 12.9 Å². The maximum absolute atomic E-state index is 14.0. The fourth-order valence-corrected chi connectivity index (χ4v) is 11.2. The van der Waals surface area contributed by atoms with Crippen LogP contribution < -0.4 is 0 Å². The number of carbonyl (C=O) groups is 2. The van der Waals surface area contributed by atoms with Gasteiger partial charge in [-0.25, -0.2) is 4.79 Å². The molecule has 2 saturated heterocycles. The number of ketones is 1. The van der Waals surface area contributed by atoms with E-state index in [9.17, 15) is 9.59 Å². The summed E-state index contributed by atoms with van der Waals surface area (Å²) in [7, 11) is -5.85. The van der Waals surface area contributed by atoms with Crippen molar-refractivity contribution in [3.63, 3.8) is 0 Å². The van der Waals surface area contributed by atoms with Crippen LogP contribution in [0.1, 0.15) is 41.0 Å². The van der Waals surface area contributed by atoms with E-state index in [2.05, 4.69) is 65.8 Å². The van der Waals surface area contributed by atoms with Crippen molar-refractivity contribution in [1.82, 2.24) is 0 Å². The zero-order chi connectivity index (χ0) is 31.9. The van der Waals surface area contributed by atoms with Gasteiger partial charge in [-0.15, -0.1) is 0 Å². The van der Waals surface area contributed by atoms with Crippen LogP contribution in [-0.4, -0.2) is 90.8 Å². The number of fused-ring (bicyclic) bond motifs is 2. The van der Waals surface area contributed by atoms with Crippen LogP contribution in [0.4, 0.5) is 0 Å². The number of rotatable bonds is 10. The second-order valence-corrected chi connectivity index (χ2v) is 31.0. The third-order valence-corrected chi connectivity index (χ3v) is 12.4. The molecule has 12 heteroatoms. The summed E-state index contributed by atoms with van der Waals surface area (Å²) in [6.07, 6.45) is -2.00. The van der Waals surface area contributed by atoms with E-state index in [1.165, 1.54) is 0 Å². The molecule has 0 radical (unpaired) electrons. The highest BCUT2D eigenvalue weighted by atomic mass is 28.4. The molecule has 0 spiro atoms. The molecule has 0 amide bonds. The van der Waals surface area contributed by atoms with E-state index in [0.717, 1.165) is 6.04 Å². The fraction of sp³-hybridized carbons (Fsp3) is 0.867. The Kier molecular flexibility index (Phi) is 8.69. The Balaban J connectivity index is 1.87. The summed E-state index contributed by atoms with van der Waals surface area (Å²) in [4.78, 5) is 27.9. The molecule has 42 heavy (non-hydrogen) atoms. The van der Waals surface area contributed by atoms with Crippen molar-refractivity contribution in [3.8, 4) is 0 Å². The fourth-order valence-electron chi connectivity index (χ4n) is 7.41. The van der Waals surface area contributed by atoms with E-state index in [4.69, 9.17) is 32.5 Å². The first kappa shape index (κ1) is 34.2. The highest BCUT2D eigenvalue weighted by Crippen LogP contribution is 2.62. The molecule has 0 aromatic carbocycles. The lowest BCUT2D eigenvalue weighted by Gasteiger charge is -2.56. The first-order valence-electron chi connectivity index (χ1n) is 15.3. The van der Waals surface area contributed by atoms with E-state index < -0.39 is 77.5 Å². The van der Waals surface area contributed by atoms with Gasteiger partial charge in [-0.05, 0) is 91.1 Å². The molecule has 240 valence electrons. The van der Waals surface area contributed by atoms with Crippen molar-refractivity contribution in [2.24, 2.45) is 5.92 Å². The molecule has 9 nitrogen and oxygen atoms in total. The van der Waals surface area contributed by atoms with Gasteiger partial charge in [0.25, 0.3) is 0 Å². The summed E-state index contributed by atoms with van der Waals surface area (Å²) in [5.74, 6) is -2.26. The molecule has 3 fully saturated rings. The Hall–Kier alpha value is -0.709. The van der Waals surface area contributed by atoms with Gasteiger partial charge in [0, 0.05) is 27.0 Å². The van der Waals surface area contributed by atoms with E-state index >= 15 is 0 Å². The lowest BCUT2D eigenvalue weighted by Crippen LogP contribution is -2.74. The second kappa shape index (κ2) is 10.7. The summed E-state index contributed by atoms with van der Waals surface area (Å²) < 4.78 is 45.9. The first-order valence-corrected chi connectivity index (χ1v) is 25.8. The largest absolute Gasteiger partial charge is 0.452 e. The molecule has 0 aromatic heterocycles. The van der Waals surface area contributed by atoms with E-state index in [1.807, 2.05) is 13.8 Å². The average molecular weight is 643 g/mol. The Morgan fingerprint density at radius 1 is 0.905 bits per heavy atom. The van der Waals surface area contributed by atoms with Gasteiger partial charge in [-0.3, -0.25) is 4.79 Å². The number of Topliss-reactive ketones (excluding diaryl/α,β-unsaturated/α-hetero) is 1. The minimum atomic E-state index is -2.37. The summed E-state index contributed by atoms with van der Waals surface area (Å²) >= 11 is 0. The topological polar surface area (TPSA) is 98.8 Å². The number of esters is 1. The van der Waals surface area contributed by atoms with Gasteiger partial charge in [-0.1, -0.05) is 19.6 Å². The van der Waals surface area contributed by atoms with Crippen molar-refractivity contribution >= 4 is 36.5 Å². The van der Waals surface area contributed by atoms with Gasteiger partial charge < -0.3 is 32.5 Å². The number of ether oxygens (including phenoxy) is 5. The quantitative estimate of drug-likeness (QED) is 0.130. The average Bonchev–Trinajstić information content (AvgIpc) is 3.09. The summed E-state index contributed by atoms with van der Waals surface area (Å²) in [5.41, 5.74) is -2.46. The normalized spacial score (nSPS) is 38.3. The van der Waals surface area contributed by atoms with Crippen molar-refractivity contribution in [1.29, 1.82) is 0 Å². The monoisotopic (exact) mass is 642 g/mol. The van der Waals surface area contributed by atoms with Gasteiger partial charge in [0.15, 0.2) is 45.5 Å². The van der Waals surface area contributed by atoms with Crippen LogP contribution in [0.2, 0.25) is 65.0 Å². The van der Waals surface area contributed by atoms with E-state index in [0.29, 0.717) is 24.2 Å². The molecule has 0 aromatic rings. The van der Waals surface area contributed by atoms with Crippen LogP contribution in [0.25, 0.3) is 0 Å². The molecule has 0 N–H and O–H groups in total. The number of carbonyl (C=O) groups excluding carboxylic acids is 2. The standard InChI is InChI=1S/C30H54O9Si3/c1-19-21-22(24(23(19)31)34-18-33-15-16-40(6,7)8)28(4,38-41(9,10)11)17-20-30(39-42(12,13)14)25(21)35-26(32)29(30,5)37-27(2,3)36-20/h20,22,24-25H,15-18H2,1-14H3/t20-,22+,24-,25-,28-,29+,30+/m0/s1. The molecule has 4 aliphatic rings. The van der Waals surface area contributed by atoms with E-state index in [-0.39, 0.29) is 12.6 Å². The van der Waals surface area contributed by atoms with Crippen LogP contribution in [0.5, 0.6) is 0 Å². The van der Waals surface area contributed by atoms with Gasteiger partial charge in [0.2, 0.25) is 0 Å². The third kappa shape index (κ3) is 6.09. The van der Waals surface area contributed by atoms with Crippen LogP contribution in [-0.2, 0) is 42.1 Å². The van der Waals surface area contributed by atoms with Gasteiger partial charge >= 0.3 is 5.97 Å². The maximum atomic E-state index is 14.0. The van der Waals surface area contributed by atoms with E-state index in [1.54, 1.807) is 13.8 Å². The highest BCUT2D eigenvalue weighted by Gasteiger charge is 2.80. The Labute approximate surface area is 255 Å². The van der Waals surface area contributed by atoms with Crippen LogP contribution >= 0.6 is 0 Å². The minimum absolute atomic E-state index is 0.00421. The molecule has 7 atom stereocenters. The molecule has 0 bridgehead atoms. The molecule has 2 aliphatic carbocycles. The predicted octanol–water partition coefficient (Wildman–Crippen LogP) is 5.64. The summed E-state index contributed by atoms with van der Waals surface area (Å²) in [6, 6.07) is 0.999. The van der Waals surface area contributed by atoms with Crippen LogP contribution in [0, 0.1) is 5.92 Å². The molecule has 4 rings (SSSR count). The summed E-state index contributed by atoms with van der Waals surface area (Å²) in [6.45, 7) is 29.4. The van der Waals surface area contributed by atoms with Gasteiger partial charge in [-0.2, -0.15) is 0 Å². The Bertz CT molecular complexity index is 1130. The number of hydrogen-bond donors (Lipinski definition) is 0. The summed E-state index contributed by atoms with van der Waals surface area (Å²) in [5, 5.41) is 0. The molecular weight excluding hydrogens is 589 g/mol. The third-order valence-electron chi connectivity index (χ3n) is 8.68. The SMILES string of the molecule is CC1=C2[C@H]([C@H](OCOCC[Si](C)(C)C)C1=O)[C@@](C)(O[Si](C)(C)C)C[C@@H]1OC(C)(C)O[C@]3(C)C(=O)O[C@@H]2[C@]13O[Si](C)(C)C. The second-order valence-electron chi connectivity index (χ2n) is 16.5. The zero-order valence-corrected chi connectivity index (χ0v) is 31.3. The smallest absolute Gasteiger partial charge is 0.342 e. The lowest BCUT2D eigenvalue weighted by atomic mass is 9.74. The van der Waals surface area contributed by atoms with Crippen molar-refractivity contribution < 1.29 is 42.1 Å². The lowest BCUT2D eigenvalue weighted by molar-refractivity contribution is -0.377. The Morgan fingerprint density at radius 3 is 2.05 bits per heavy atom. The molecule has 0 unspecified atom stereocenters. The van der Waals surface area contributed by atoms with Gasteiger partial charge in [0.05, 0.1) is 11.7 Å². The van der Waals surface area contributed by atoms with Crippen molar-refractivity contribution in [3.05, 3.63) is 11.1 Å².